The van der Waals surface area contributed by atoms with E-state index >= 15 is 0 Å². The van der Waals surface area contributed by atoms with Gasteiger partial charge >= 0.3 is 0 Å². The van der Waals surface area contributed by atoms with Crippen molar-refractivity contribution in [2.24, 2.45) is 12.0 Å². The molecule has 1 heterocycles. The fourth-order valence-electron chi connectivity index (χ4n) is 2.34. The van der Waals surface area contributed by atoms with Crippen molar-refractivity contribution in [3.63, 3.8) is 0 Å². The maximum atomic E-state index is 5.36. The average Bonchev–Trinajstić information content (AvgIpc) is 3.16. The second-order valence-electron chi connectivity index (χ2n) is 5.65. The molecule has 0 radical (unpaired) electrons. The van der Waals surface area contributed by atoms with E-state index in [4.69, 9.17) is 4.74 Å². The van der Waals surface area contributed by atoms with E-state index in [2.05, 4.69) is 38.0 Å². The molecule has 1 aliphatic rings. The largest absolute Gasteiger partial charge is 0.382 e. The van der Waals surface area contributed by atoms with E-state index in [0.717, 1.165) is 56.6 Å². The topological polar surface area (TPSA) is 76.4 Å². The number of aliphatic imine (C=N–C) groups is 1. The molecule has 7 nitrogen and oxygen atoms in total. The van der Waals surface area contributed by atoms with Gasteiger partial charge in [0.25, 0.3) is 0 Å². The average molecular weight is 320 g/mol. The molecule has 0 bridgehead atoms. The van der Waals surface area contributed by atoms with E-state index in [9.17, 15) is 0 Å². The van der Waals surface area contributed by atoms with E-state index < -0.39 is 0 Å². The predicted octanol–water partition coefficient (Wildman–Crippen LogP) is 1.30. The predicted molar refractivity (Wildman–Crippen MR) is 91.3 cm³/mol. The lowest BCUT2D eigenvalue weighted by Gasteiger charge is -2.17. The summed E-state index contributed by atoms with van der Waals surface area (Å²) in [5.41, 5.74) is 0. The Hall–Kier alpha value is -1.89. The van der Waals surface area contributed by atoms with Crippen LogP contribution in [0.1, 0.15) is 37.8 Å². The monoisotopic (exact) mass is 320 g/mol. The van der Waals surface area contributed by atoms with Gasteiger partial charge in [0.1, 0.15) is 12.4 Å². The highest BCUT2D eigenvalue weighted by Gasteiger charge is 2.12. The molecule has 0 saturated carbocycles. The second kappa shape index (κ2) is 9.29. The first-order valence-electron chi connectivity index (χ1n) is 8.33. The molecule has 23 heavy (non-hydrogen) atoms. The molecule has 0 fully saturated rings. The Morgan fingerprint density at radius 1 is 1.39 bits per heavy atom. The van der Waals surface area contributed by atoms with Gasteiger partial charge in [-0.25, -0.2) is 4.99 Å². The lowest BCUT2D eigenvalue weighted by Crippen LogP contribution is -2.43. The van der Waals surface area contributed by atoms with Crippen molar-refractivity contribution in [3.05, 3.63) is 23.8 Å². The van der Waals surface area contributed by atoms with Crippen LogP contribution in [-0.4, -0.2) is 46.5 Å². The smallest absolute Gasteiger partial charge is 0.191 e. The van der Waals surface area contributed by atoms with Gasteiger partial charge in [0.2, 0.25) is 0 Å². The molecule has 0 unspecified atom stereocenters. The third-order valence-electron chi connectivity index (χ3n) is 3.87. The van der Waals surface area contributed by atoms with E-state index in [1.807, 2.05) is 25.5 Å². The first-order valence-corrected chi connectivity index (χ1v) is 8.33. The van der Waals surface area contributed by atoms with Crippen LogP contribution in [0.3, 0.4) is 0 Å². The normalized spacial score (nSPS) is 15.3. The van der Waals surface area contributed by atoms with E-state index in [0.29, 0.717) is 12.6 Å². The highest BCUT2D eigenvalue weighted by Crippen LogP contribution is 2.09. The van der Waals surface area contributed by atoms with Gasteiger partial charge in [-0.05, 0) is 33.1 Å². The Labute approximate surface area is 138 Å². The number of guanidine groups is 1. The molecule has 1 aromatic heterocycles. The van der Waals surface area contributed by atoms with Gasteiger partial charge in [-0.1, -0.05) is 12.2 Å². The quantitative estimate of drug-likeness (QED) is 0.327. The summed E-state index contributed by atoms with van der Waals surface area (Å²) in [6.07, 6.45) is 7.46. The molecule has 2 N–H and O–H groups in total. The summed E-state index contributed by atoms with van der Waals surface area (Å²) >= 11 is 0. The minimum absolute atomic E-state index is 0.425. The SMILES string of the molecule is CCOCCCNC(=NCc1nnc(C)n1C)NC1CC=CC1. The van der Waals surface area contributed by atoms with Gasteiger partial charge in [-0.2, -0.15) is 0 Å². The summed E-state index contributed by atoms with van der Waals surface area (Å²) in [5, 5.41) is 15.1. The second-order valence-corrected chi connectivity index (χ2v) is 5.65. The molecule has 2 rings (SSSR count). The fraction of sp³-hybridized carbons (Fsp3) is 0.688. The molecular formula is C16H28N6O. The van der Waals surface area contributed by atoms with Crippen molar-refractivity contribution in [1.82, 2.24) is 25.4 Å². The van der Waals surface area contributed by atoms with Crippen molar-refractivity contribution in [3.8, 4) is 0 Å². The zero-order valence-electron chi connectivity index (χ0n) is 14.4. The van der Waals surface area contributed by atoms with Gasteiger partial charge in [0, 0.05) is 32.8 Å². The van der Waals surface area contributed by atoms with Crippen molar-refractivity contribution < 1.29 is 4.74 Å². The number of rotatable bonds is 8. The summed E-state index contributed by atoms with van der Waals surface area (Å²) in [6.45, 7) is 6.83. The van der Waals surface area contributed by atoms with Crippen LogP contribution in [0.25, 0.3) is 0 Å². The van der Waals surface area contributed by atoms with Gasteiger partial charge in [0.15, 0.2) is 11.8 Å². The van der Waals surface area contributed by atoms with Crippen molar-refractivity contribution >= 4 is 5.96 Å². The number of aromatic nitrogens is 3. The summed E-state index contributed by atoms with van der Waals surface area (Å²) in [5.74, 6) is 2.59. The summed E-state index contributed by atoms with van der Waals surface area (Å²) in [4.78, 5) is 4.65. The van der Waals surface area contributed by atoms with Gasteiger partial charge < -0.3 is 19.9 Å². The van der Waals surface area contributed by atoms with Crippen LogP contribution in [0.15, 0.2) is 17.1 Å². The maximum absolute atomic E-state index is 5.36. The third-order valence-corrected chi connectivity index (χ3v) is 3.87. The van der Waals surface area contributed by atoms with Crippen molar-refractivity contribution in [1.29, 1.82) is 0 Å². The molecule has 0 atom stereocenters. The summed E-state index contributed by atoms with van der Waals surface area (Å²) < 4.78 is 7.33. The molecular weight excluding hydrogens is 292 g/mol. The molecule has 0 spiro atoms. The molecule has 128 valence electrons. The highest BCUT2D eigenvalue weighted by atomic mass is 16.5. The number of ether oxygens (including phenoxy) is 1. The van der Waals surface area contributed by atoms with Gasteiger partial charge in [0.05, 0.1) is 0 Å². The number of nitrogens with one attached hydrogen (secondary N) is 2. The zero-order chi connectivity index (χ0) is 16.5. The Balaban J connectivity index is 1.88. The first-order chi connectivity index (χ1) is 11.2. The summed E-state index contributed by atoms with van der Waals surface area (Å²) in [7, 11) is 1.96. The van der Waals surface area contributed by atoms with Crippen LogP contribution in [0.2, 0.25) is 0 Å². The van der Waals surface area contributed by atoms with Crippen LogP contribution in [0.4, 0.5) is 0 Å². The molecule has 1 aliphatic carbocycles. The van der Waals surface area contributed by atoms with E-state index in [1.165, 1.54) is 0 Å². The minimum Gasteiger partial charge on any atom is -0.382 e. The van der Waals surface area contributed by atoms with Gasteiger partial charge in [-0.3, -0.25) is 0 Å². The standard InChI is InChI=1S/C16H28N6O/c1-4-23-11-7-10-17-16(19-14-8-5-6-9-14)18-12-15-21-20-13(2)22(15)3/h5-6,14H,4,7-12H2,1-3H3,(H2,17,18,19). The first kappa shape index (κ1) is 17.5. The maximum Gasteiger partial charge on any atom is 0.191 e. The van der Waals surface area contributed by atoms with Crippen LogP contribution < -0.4 is 10.6 Å². The molecule has 0 amide bonds. The van der Waals surface area contributed by atoms with Crippen LogP contribution >= 0.6 is 0 Å². The Morgan fingerprint density at radius 3 is 2.83 bits per heavy atom. The third kappa shape index (κ3) is 5.67. The molecule has 7 heteroatoms. The summed E-state index contributed by atoms with van der Waals surface area (Å²) in [6, 6.07) is 0.425. The van der Waals surface area contributed by atoms with Crippen LogP contribution in [0.5, 0.6) is 0 Å². The van der Waals surface area contributed by atoms with Crippen molar-refractivity contribution in [2.45, 2.75) is 45.7 Å². The number of hydrogen-bond donors (Lipinski definition) is 2. The Kier molecular flexibility index (Phi) is 7.06. The van der Waals surface area contributed by atoms with Crippen LogP contribution in [0, 0.1) is 6.92 Å². The minimum atomic E-state index is 0.425. The van der Waals surface area contributed by atoms with E-state index in [-0.39, 0.29) is 0 Å². The molecule has 0 saturated heterocycles. The van der Waals surface area contributed by atoms with Gasteiger partial charge in [-0.15, -0.1) is 10.2 Å². The lowest BCUT2D eigenvalue weighted by molar-refractivity contribution is 0.145. The zero-order valence-corrected chi connectivity index (χ0v) is 14.4. The fourth-order valence-corrected chi connectivity index (χ4v) is 2.34. The van der Waals surface area contributed by atoms with Crippen molar-refractivity contribution in [2.75, 3.05) is 19.8 Å². The lowest BCUT2D eigenvalue weighted by atomic mass is 10.2. The highest BCUT2D eigenvalue weighted by molar-refractivity contribution is 5.80. The molecule has 0 aliphatic heterocycles. The van der Waals surface area contributed by atoms with Crippen LogP contribution in [-0.2, 0) is 18.3 Å². The Morgan fingerprint density at radius 2 is 2.17 bits per heavy atom. The number of hydrogen-bond acceptors (Lipinski definition) is 4. The molecule has 0 aromatic carbocycles. The number of nitrogens with zero attached hydrogens (tertiary/aromatic N) is 4. The molecule has 1 aromatic rings. The van der Waals surface area contributed by atoms with E-state index in [1.54, 1.807) is 0 Å². The Bertz CT molecular complexity index is 529. The number of aryl methyl sites for hydroxylation is 1.